The van der Waals surface area contributed by atoms with Crippen molar-refractivity contribution < 1.29 is 18.0 Å². The van der Waals surface area contributed by atoms with E-state index in [9.17, 15) is 18.0 Å². The Morgan fingerprint density at radius 1 is 1.45 bits per heavy atom. The number of nitrogens with zero attached hydrogens (tertiary/aromatic N) is 2. The number of benzene rings is 1. The lowest BCUT2D eigenvalue weighted by atomic mass is 10.1. The van der Waals surface area contributed by atoms with E-state index in [1.807, 2.05) is 0 Å². The van der Waals surface area contributed by atoms with E-state index in [2.05, 4.69) is 11.1 Å². The van der Waals surface area contributed by atoms with E-state index in [0.717, 1.165) is 12.1 Å². The van der Waals surface area contributed by atoms with Gasteiger partial charge in [0.05, 0.1) is 13.2 Å². The molecule has 1 atom stereocenters. The van der Waals surface area contributed by atoms with Gasteiger partial charge in [-0.15, -0.1) is 0 Å². The van der Waals surface area contributed by atoms with Gasteiger partial charge in [-0.25, -0.2) is 9.48 Å². The number of quaternary nitrogens is 1. The van der Waals surface area contributed by atoms with E-state index in [-0.39, 0.29) is 15.7 Å². The van der Waals surface area contributed by atoms with Crippen molar-refractivity contribution in [1.82, 2.24) is 4.48 Å². The number of hydrogen-bond acceptors (Lipinski definition) is 2. The number of amides is 1. The van der Waals surface area contributed by atoms with Gasteiger partial charge in [0.15, 0.2) is 5.69 Å². The van der Waals surface area contributed by atoms with Crippen LogP contribution in [0.25, 0.3) is 0 Å². The molecule has 2 rings (SSSR count). The van der Waals surface area contributed by atoms with Crippen molar-refractivity contribution in [2.75, 3.05) is 7.05 Å². The topological polar surface area (TPSA) is 55.4 Å². The molecule has 1 aliphatic rings. The van der Waals surface area contributed by atoms with Crippen molar-refractivity contribution in [3.63, 3.8) is 0 Å². The molecule has 0 fully saturated rings. The van der Waals surface area contributed by atoms with E-state index in [1.54, 1.807) is 14.0 Å². The molecule has 1 unspecified atom stereocenters. The highest BCUT2D eigenvalue weighted by atomic mass is 19.4. The monoisotopic (exact) mass is 283 g/mol. The number of primary amides is 1. The molecule has 1 aromatic carbocycles. The summed E-state index contributed by atoms with van der Waals surface area (Å²) >= 11 is 0. The van der Waals surface area contributed by atoms with E-state index < -0.39 is 17.6 Å². The molecule has 20 heavy (non-hydrogen) atoms. The van der Waals surface area contributed by atoms with Crippen LogP contribution in [0.1, 0.15) is 22.8 Å². The van der Waals surface area contributed by atoms with Crippen LogP contribution in [0.3, 0.4) is 0 Å². The lowest BCUT2D eigenvalue weighted by Crippen LogP contribution is -2.43. The fourth-order valence-corrected chi connectivity index (χ4v) is 1.98. The third-order valence-electron chi connectivity index (χ3n) is 3.29. The van der Waals surface area contributed by atoms with Crippen LogP contribution in [0.5, 0.6) is 0 Å². The van der Waals surface area contributed by atoms with Crippen molar-refractivity contribution in [1.29, 1.82) is 0 Å². The SMILES string of the molecule is CC1=NC=C[N+]1(C)c1cc(C(N)=O)c[c]c1C(F)(F)F. The lowest BCUT2D eigenvalue weighted by molar-refractivity contribution is -0.137. The van der Waals surface area contributed by atoms with E-state index in [1.165, 1.54) is 12.4 Å². The smallest absolute Gasteiger partial charge is 0.366 e. The van der Waals surface area contributed by atoms with Gasteiger partial charge in [0, 0.05) is 24.6 Å². The summed E-state index contributed by atoms with van der Waals surface area (Å²) in [5, 5.41) is 0. The van der Waals surface area contributed by atoms with E-state index in [0.29, 0.717) is 5.84 Å². The van der Waals surface area contributed by atoms with Gasteiger partial charge in [0.2, 0.25) is 11.7 Å². The van der Waals surface area contributed by atoms with Crippen LogP contribution < -0.4 is 10.2 Å². The van der Waals surface area contributed by atoms with Crippen LogP contribution in [-0.4, -0.2) is 18.8 Å². The fraction of sp³-hybridized carbons (Fsp3) is 0.231. The maximum absolute atomic E-state index is 13.1. The number of alkyl halides is 3. The molecule has 0 saturated heterocycles. The number of aliphatic imine (C=N–C) groups is 1. The Kier molecular flexibility index (Phi) is 3.17. The van der Waals surface area contributed by atoms with Gasteiger partial charge in [0.1, 0.15) is 11.8 Å². The predicted octanol–water partition coefficient (Wildman–Crippen LogP) is 2.44. The number of carbonyl (C=O) groups excluding carboxylic acids is 1. The quantitative estimate of drug-likeness (QED) is 0.833. The van der Waals surface area contributed by atoms with Gasteiger partial charge in [-0.1, -0.05) is 0 Å². The summed E-state index contributed by atoms with van der Waals surface area (Å²) in [7, 11) is 1.55. The summed E-state index contributed by atoms with van der Waals surface area (Å²) in [6.07, 6.45) is -1.66. The molecule has 1 radical (unpaired) electrons. The molecule has 0 saturated carbocycles. The Labute approximate surface area is 113 Å². The highest BCUT2D eigenvalue weighted by molar-refractivity contribution is 5.98. The molecule has 2 N–H and O–H groups in total. The largest absolute Gasteiger partial charge is 0.422 e. The predicted molar refractivity (Wildman–Crippen MR) is 68.8 cm³/mol. The van der Waals surface area contributed by atoms with Gasteiger partial charge in [0.25, 0.3) is 0 Å². The van der Waals surface area contributed by atoms with Crippen molar-refractivity contribution in [2.45, 2.75) is 13.1 Å². The van der Waals surface area contributed by atoms with Crippen LogP contribution in [0.4, 0.5) is 18.9 Å². The highest BCUT2D eigenvalue weighted by Gasteiger charge is 2.43. The standard InChI is InChI=1S/C13H11F3N3O/c1-8-18-5-6-19(8,2)11-7-9(12(17)20)3-4-10(11)13(14,15)16/h3,5-7H,1-2H3,(H-,17,20)/p+1. The van der Waals surface area contributed by atoms with Gasteiger partial charge in [-0.2, -0.15) is 13.2 Å². The van der Waals surface area contributed by atoms with Crippen molar-refractivity contribution in [3.8, 4) is 0 Å². The summed E-state index contributed by atoms with van der Waals surface area (Å²) in [5.74, 6) is -0.355. The first kappa shape index (κ1) is 14.3. The minimum Gasteiger partial charge on any atom is -0.366 e. The normalized spacial score (nSPS) is 21.9. The summed E-state index contributed by atoms with van der Waals surface area (Å²) in [5.41, 5.74) is 4.02. The zero-order chi connectivity index (χ0) is 15.1. The second-order valence-corrected chi connectivity index (χ2v) is 4.56. The lowest BCUT2D eigenvalue weighted by Gasteiger charge is -2.28. The number of amidine groups is 1. The molecular weight excluding hydrogens is 271 g/mol. The molecule has 105 valence electrons. The molecule has 1 aliphatic heterocycles. The van der Waals surface area contributed by atoms with Crippen LogP contribution in [0, 0.1) is 6.07 Å². The van der Waals surface area contributed by atoms with Gasteiger partial charge in [-0.05, 0) is 6.07 Å². The number of rotatable bonds is 2. The molecule has 7 heteroatoms. The average molecular weight is 283 g/mol. The molecule has 4 nitrogen and oxygen atoms in total. The van der Waals surface area contributed by atoms with Crippen LogP contribution >= 0.6 is 0 Å². The first-order chi connectivity index (χ1) is 9.16. The minimum absolute atomic E-state index is 0.0274. The van der Waals surface area contributed by atoms with Crippen LogP contribution in [0.15, 0.2) is 29.5 Å². The minimum atomic E-state index is -4.58. The van der Waals surface area contributed by atoms with Crippen molar-refractivity contribution in [3.05, 3.63) is 41.7 Å². The number of hydrogen-bond donors (Lipinski definition) is 1. The molecule has 1 amide bonds. The fourth-order valence-electron chi connectivity index (χ4n) is 1.98. The second-order valence-electron chi connectivity index (χ2n) is 4.56. The molecular formula is C13H12F3N3O+. The number of nitrogens with two attached hydrogens (primary N) is 1. The molecule has 0 spiro atoms. The third kappa shape index (κ3) is 2.20. The second kappa shape index (κ2) is 4.45. The summed E-state index contributed by atoms with van der Waals surface area (Å²) in [6.45, 7) is 1.61. The third-order valence-corrected chi connectivity index (χ3v) is 3.29. The molecule has 0 bridgehead atoms. The van der Waals surface area contributed by atoms with Gasteiger partial charge in [-0.3, -0.25) is 4.79 Å². The van der Waals surface area contributed by atoms with Crippen LogP contribution in [0.2, 0.25) is 0 Å². The average Bonchev–Trinajstić information content (AvgIpc) is 2.69. The number of carbonyl (C=O) groups is 1. The molecule has 1 heterocycles. The van der Waals surface area contributed by atoms with E-state index >= 15 is 0 Å². The Morgan fingerprint density at radius 2 is 2.10 bits per heavy atom. The Morgan fingerprint density at radius 3 is 2.55 bits per heavy atom. The molecule has 1 aromatic rings. The summed E-state index contributed by atoms with van der Waals surface area (Å²) < 4.78 is 39.1. The van der Waals surface area contributed by atoms with Crippen molar-refractivity contribution >= 4 is 17.4 Å². The number of halogens is 3. The first-order valence-corrected chi connectivity index (χ1v) is 5.68. The summed E-state index contributed by atoms with van der Waals surface area (Å²) in [4.78, 5) is 15.2. The highest BCUT2D eigenvalue weighted by Crippen LogP contribution is 2.40. The molecule has 0 aliphatic carbocycles. The zero-order valence-electron chi connectivity index (χ0n) is 10.8. The zero-order valence-corrected chi connectivity index (χ0v) is 10.8. The van der Waals surface area contributed by atoms with Gasteiger partial charge < -0.3 is 5.73 Å². The van der Waals surface area contributed by atoms with Gasteiger partial charge >= 0.3 is 6.18 Å². The first-order valence-electron chi connectivity index (χ1n) is 5.68. The maximum Gasteiger partial charge on any atom is 0.422 e. The van der Waals surface area contributed by atoms with E-state index in [4.69, 9.17) is 5.73 Å². The van der Waals surface area contributed by atoms with Crippen molar-refractivity contribution in [2.24, 2.45) is 10.7 Å². The Hall–Kier alpha value is -2.15. The Balaban J connectivity index is 2.71. The maximum atomic E-state index is 13.1. The molecule has 0 aromatic heterocycles. The Bertz CT molecular complexity index is 634. The summed E-state index contributed by atoms with van der Waals surface area (Å²) in [6, 6.07) is 4.21. The van der Waals surface area contributed by atoms with Crippen LogP contribution in [-0.2, 0) is 6.18 Å².